The van der Waals surface area contributed by atoms with Gasteiger partial charge < -0.3 is 5.32 Å². The topological polar surface area (TPSA) is 37.8 Å². The summed E-state index contributed by atoms with van der Waals surface area (Å²) in [5.74, 6) is 0. The molecule has 0 spiro atoms. The SMILES string of the molecule is CCc1nnc(C)cc1C(NC)c1cc(C)ccc1C. The molecule has 0 radical (unpaired) electrons. The fraction of sp³-hybridized carbons (Fsp3) is 0.412. The fourth-order valence-electron chi connectivity index (χ4n) is 2.61. The molecular weight excluding hydrogens is 246 g/mol. The van der Waals surface area contributed by atoms with E-state index in [4.69, 9.17) is 0 Å². The van der Waals surface area contributed by atoms with Crippen molar-refractivity contribution in [3.8, 4) is 0 Å². The third kappa shape index (κ3) is 2.88. The minimum Gasteiger partial charge on any atom is -0.309 e. The maximum atomic E-state index is 4.35. The summed E-state index contributed by atoms with van der Waals surface area (Å²) in [5, 5.41) is 12.0. The zero-order valence-electron chi connectivity index (χ0n) is 13.0. The second kappa shape index (κ2) is 6.14. The molecule has 1 atom stereocenters. The van der Waals surface area contributed by atoms with Crippen LogP contribution in [0.25, 0.3) is 0 Å². The maximum absolute atomic E-state index is 4.35. The van der Waals surface area contributed by atoms with E-state index in [1.54, 1.807) is 0 Å². The van der Waals surface area contributed by atoms with Gasteiger partial charge >= 0.3 is 0 Å². The molecule has 2 aromatic rings. The molecule has 3 nitrogen and oxygen atoms in total. The Morgan fingerprint density at radius 3 is 2.45 bits per heavy atom. The molecule has 1 unspecified atom stereocenters. The number of rotatable bonds is 4. The fourth-order valence-corrected chi connectivity index (χ4v) is 2.61. The van der Waals surface area contributed by atoms with E-state index < -0.39 is 0 Å². The molecule has 20 heavy (non-hydrogen) atoms. The molecule has 1 N–H and O–H groups in total. The van der Waals surface area contributed by atoms with Gasteiger partial charge in [0.1, 0.15) is 0 Å². The smallest absolute Gasteiger partial charge is 0.0679 e. The number of hydrogen-bond acceptors (Lipinski definition) is 3. The highest BCUT2D eigenvalue weighted by Crippen LogP contribution is 2.27. The Labute approximate surface area is 121 Å². The van der Waals surface area contributed by atoms with E-state index in [1.165, 1.54) is 22.3 Å². The number of nitrogens with zero attached hydrogens (tertiary/aromatic N) is 2. The van der Waals surface area contributed by atoms with Crippen molar-refractivity contribution in [1.29, 1.82) is 0 Å². The summed E-state index contributed by atoms with van der Waals surface area (Å²) in [6.45, 7) is 8.41. The highest BCUT2D eigenvalue weighted by Gasteiger charge is 2.18. The molecule has 2 rings (SSSR count). The average Bonchev–Trinajstić information content (AvgIpc) is 2.44. The molecule has 1 aromatic carbocycles. The lowest BCUT2D eigenvalue weighted by molar-refractivity contribution is 0.665. The first-order chi connectivity index (χ1) is 9.56. The normalized spacial score (nSPS) is 12.4. The van der Waals surface area contributed by atoms with Crippen LogP contribution >= 0.6 is 0 Å². The molecule has 0 saturated heterocycles. The van der Waals surface area contributed by atoms with Gasteiger partial charge in [-0.15, -0.1) is 0 Å². The molecule has 1 aromatic heterocycles. The van der Waals surface area contributed by atoms with E-state index in [2.05, 4.69) is 60.6 Å². The molecular formula is C17H23N3. The van der Waals surface area contributed by atoms with Gasteiger partial charge in [-0.2, -0.15) is 10.2 Å². The van der Waals surface area contributed by atoms with E-state index in [0.29, 0.717) is 0 Å². The predicted octanol–water partition coefficient (Wildman–Crippen LogP) is 3.27. The van der Waals surface area contributed by atoms with Crippen LogP contribution in [0, 0.1) is 20.8 Å². The second-order valence-electron chi connectivity index (χ2n) is 5.32. The van der Waals surface area contributed by atoms with Crippen molar-refractivity contribution in [2.75, 3.05) is 7.05 Å². The van der Waals surface area contributed by atoms with Crippen LogP contribution in [0.15, 0.2) is 24.3 Å². The summed E-state index contributed by atoms with van der Waals surface area (Å²) in [5.41, 5.74) is 7.15. The van der Waals surface area contributed by atoms with E-state index in [9.17, 15) is 0 Å². The number of aryl methyl sites for hydroxylation is 4. The first-order valence-electron chi connectivity index (χ1n) is 7.14. The van der Waals surface area contributed by atoms with Crippen LogP contribution in [0.4, 0.5) is 0 Å². The molecule has 106 valence electrons. The summed E-state index contributed by atoms with van der Waals surface area (Å²) in [4.78, 5) is 0. The molecule has 1 heterocycles. The van der Waals surface area contributed by atoms with Crippen molar-refractivity contribution in [2.45, 2.75) is 40.2 Å². The number of benzene rings is 1. The molecule has 0 aliphatic heterocycles. The molecule has 0 saturated carbocycles. The summed E-state index contributed by atoms with van der Waals surface area (Å²) in [7, 11) is 2.00. The van der Waals surface area contributed by atoms with Crippen molar-refractivity contribution < 1.29 is 0 Å². The van der Waals surface area contributed by atoms with Crippen molar-refractivity contribution in [2.24, 2.45) is 0 Å². The Morgan fingerprint density at radius 1 is 1.05 bits per heavy atom. The maximum Gasteiger partial charge on any atom is 0.0679 e. The lowest BCUT2D eigenvalue weighted by Gasteiger charge is -2.22. The highest BCUT2D eigenvalue weighted by atomic mass is 15.1. The third-order valence-electron chi connectivity index (χ3n) is 3.71. The van der Waals surface area contributed by atoms with Crippen LogP contribution < -0.4 is 5.32 Å². The first kappa shape index (κ1) is 14.7. The lowest BCUT2D eigenvalue weighted by atomic mass is 9.92. The number of hydrogen-bond donors (Lipinski definition) is 1. The summed E-state index contributed by atoms with van der Waals surface area (Å²) in [6, 6.07) is 8.91. The monoisotopic (exact) mass is 269 g/mol. The van der Waals surface area contributed by atoms with Crippen LogP contribution in [0.2, 0.25) is 0 Å². The van der Waals surface area contributed by atoms with Gasteiger partial charge in [0.15, 0.2) is 0 Å². The van der Waals surface area contributed by atoms with E-state index >= 15 is 0 Å². The zero-order valence-corrected chi connectivity index (χ0v) is 13.0. The largest absolute Gasteiger partial charge is 0.309 e. The van der Waals surface area contributed by atoms with Gasteiger partial charge in [0, 0.05) is 0 Å². The minimum atomic E-state index is 0.166. The van der Waals surface area contributed by atoms with Gasteiger partial charge in [-0.05, 0) is 57.0 Å². The van der Waals surface area contributed by atoms with Crippen LogP contribution in [-0.2, 0) is 6.42 Å². The van der Waals surface area contributed by atoms with Gasteiger partial charge in [0.05, 0.1) is 17.4 Å². The van der Waals surface area contributed by atoms with E-state index in [0.717, 1.165) is 17.8 Å². The Bertz CT molecular complexity index is 605. The summed E-state index contributed by atoms with van der Waals surface area (Å²) < 4.78 is 0. The van der Waals surface area contributed by atoms with Gasteiger partial charge in [-0.25, -0.2) is 0 Å². The molecule has 0 fully saturated rings. The van der Waals surface area contributed by atoms with Gasteiger partial charge in [-0.3, -0.25) is 0 Å². The van der Waals surface area contributed by atoms with Crippen molar-refractivity contribution >= 4 is 0 Å². The Hall–Kier alpha value is -1.74. The van der Waals surface area contributed by atoms with E-state index in [1.807, 2.05) is 14.0 Å². The second-order valence-corrected chi connectivity index (χ2v) is 5.32. The third-order valence-corrected chi connectivity index (χ3v) is 3.71. The van der Waals surface area contributed by atoms with Gasteiger partial charge in [0.2, 0.25) is 0 Å². The molecule has 3 heteroatoms. The Kier molecular flexibility index (Phi) is 4.50. The molecule has 0 bridgehead atoms. The van der Waals surface area contributed by atoms with Crippen molar-refractivity contribution in [3.63, 3.8) is 0 Å². The Balaban J connectivity index is 2.57. The number of aromatic nitrogens is 2. The molecule has 0 amide bonds. The predicted molar refractivity (Wildman–Crippen MR) is 83.0 cm³/mol. The minimum absolute atomic E-state index is 0.166. The summed E-state index contributed by atoms with van der Waals surface area (Å²) in [6.07, 6.45) is 0.895. The zero-order chi connectivity index (χ0) is 14.7. The Morgan fingerprint density at radius 2 is 1.80 bits per heavy atom. The van der Waals surface area contributed by atoms with Crippen LogP contribution in [0.1, 0.15) is 46.6 Å². The van der Waals surface area contributed by atoms with E-state index in [-0.39, 0.29) is 6.04 Å². The van der Waals surface area contributed by atoms with Crippen molar-refractivity contribution in [1.82, 2.24) is 15.5 Å². The highest BCUT2D eigenvalue weighted by molar-refractivity contribution is 5.40. The first-order valence-corrected chi connectivity index (χ1v) is 7.14. The number of nitrogens with one attached hydrogen (secondary N) is 1. The van der Waals surface area contributed by atoms with Crippen LogP contribution in [0.3, 0.4) is 0 Å². The van der Waals surface area contributed by atoms with Gasteiger partial charge in [0.25, 0.3) is 0 Å². The standard InChI is InChI=1S/C17H23N3/c1-6-16-15(10-13(4)19-20-16)17(18-5)14-9-11(2)7-8-12(14)3/h7-10,17-18H,6H2,1-5H3. The van der Waals surface area contributed by atoms with Crippen LogP contribution in [0.5, 0.6) is 0 Å². The summed E-state index contributed by atoms with van der Waals surface area (Å²) >= 11 is 0. The van der Waals surface area contributed by atoms with Gasteiger partial charge in [-0.1, -0.05) is 30.7 Å². The average molecular weight is 269 g/mol. The van der Waals surface area contributed by atoms with Crippen LogP contribution in [-0.4, -0.2) is 17.2 Å². The quantitative estimate of drug-likeness (QED) is 0.925. The lowest BCUT2D eigenvalue weighted by Crippen LogP contribution is -2.21. The van der Waals surface area contributed by atoms with Crippen molar-refractivity contribution in [3.05, 3.63) is 57.9 Å². The molecule has 0 aliphatic rings. The molecule has 0 aliphatic carbocycles.